The lowest BCUT2D eigenvalue weighted by Crippen LogP contribution is -2.45. The Hall–Kier alpha value is -8.95. The summed E-state index contributed by atoms with van der Waals surface area (Å²) in [6, 6.07) is 16.7. The molecule has 129 heavy (non-hydrogen) atoms. The van der Waals surface area contributed by atoms with Crippen LogP contribution in [0.3, 0.4) is 0 Å². The molecule has 6 aromatic heterocycles. The van der Waals surface area contributed by atoms with Crippen LogP contribution in [-0.4, -0.2) is 148 Å². The van der Waals surface area contributed by atoms with Crippen LogP contribution in [-0.2, 0) is 58.7 Å². The Morgan fingerprint density at radius 3 is 1.23 bits per heavy atom. The lowest BCUT2D eigenvalue weighted by molar-refractivity contribution is -0.384. The van der Waals surface area contributed by atoms with E-state index in [4.69, 9.17) is 102 Å². The molecule has 3 aliphatic heterocycles. The number of rotatable bonds is 20. The average molecular weight is 1950 g/mol. The van der Waals surface area contributed by atoms with Crippen molar-refractivity contribution in [2.24, 2.45) is 17.8 Å². The fourth-order valence-electron chi connectivity index (χ4n) is 15.1. The Labute approximate surface area is 753 Å². The number of aliphatic hydroxyl groups is 2. The highest BCUT2D eigenvalue weighted by Gasteiger charge is 2.51. The van der Waals surface area contributed by atoms with Gasteiger partial charge in [-0.25, -0.2) is 41.8 Å². The first-order chi connectivity index (χ1) is 60.6. The molecule has 6 aliphatic rings. The number of nitrogens with two attached hydrogens (primary N) is 3. The van der Waals surface area contributed by atoms with Crippen LogP contribution in [0.1, 0.15) is 133 Å². The summed E-state index contributed by atoms with van der Waals surface area (Å²) >= 11 is 17.2. The number of anilines is 3. The second-order valence-corrected chi connectivity index (χ2v) is 50.2. The van der Waals surface area contributed by atoms with E-state index in [-0.39, 0.29) is 158 Å². The number of aromatic amines is 3. The minimum absolute atomic E-state index is 0.0134. The first-order valence-corrected chi connectivity index (χ1v) is 52.1. The van der Waals surface area contributed by atoms with Gasteiger partial charge in [0.25, 0.3) is 22.4 Å². The molecule has 0 bridgehead atoms. The van der Waals surface area contributed by atoms with E-state index in [0.29, 0.717) is 65.7 Å². The number of fused-ring (bicyclic) bond motifs is 3. The smallest absolute Gasteiger partial charge is 0.413 e. The van der Waals surface area contributed by atoms with E-state index in [9.17, 15) is 61.6 Å². The lowest BCUT2D eigenvalue weighted by atomic mass is 10.0. The van der Waals surface area contributed by atoms with Gasteiger partial charge in [-0.2, -0.15) is 15.0 Å². The van der Waals surface area contributed by atoms with Crippen LogP contribution in [0, 0.1) is 45.3 Å². The Balaban J connectivity index is 0.000000150. The number of aliphatic hydroxyl groups excluding tert-OH is 2. The molecule has 3 aliphatic carbocycles. The fraction of sp³-hybridized carbons (Fsp3) is 0.444. The van der Waals surface area contributed by atoms with Crippen LogP contribution >= 0.6 is 58.3 Å². The van der Waals surface area contributed by atoms with E-state index in [1.165, 1.54) is 67.0 Å². The summed E-state index contributed by atoms with van der Waals surface area (Å²) in [6.07, 6.45) is 3.56. The van der Waals surface area contributed by atoms with Crippen LogP contribution in [0.5, 0.6) is 5.75 Å². The number of aromatic nitrogens is 12. The summed E-state index contributed by atoms with van der Waals surface area (Å²) in [5, 5.41) is 31.2. The monoisotopic (exact) mass is 1940 g/mol. The van der Waals surface area contributed by atoms with Crippen LogP contribution in [0.4, 0.5) is 36.7 Å². The number of nitro benzene ring substituents is 1. The quantitative estimate of drug-likeness (QED) is 0.0115. The predicted molar refractivity (Wildman–Crippen MR) is 480 cm³/mol. The van der Waals surface area contributed by atoms with Gasteiger partial charge in [0.1, 0.15) is 23.2 Å². The van der Waals surface area contributed by atoms with Gasteiger partial charge in [-0.15, -0.1) is 0 Å². The molecular weight excluding hydrogens is 1850 g/mol. The summed E-state index contributed by atoms with van der Waals surface area (Å²) in [4.78, 5) is 79.2. The zero-order chi connectivity index (χ0) is 93.7. The van der Waals surface area contributed by atoms with Crippen molar-refractivity contribution >= 4 is 132 Å². The van der Waals surface area contributed by atoms with Gasteiger partial charge in [-0.1, -0.05) is 114 Å². The number of nitro groups is 1. The molecule has 4 aromatic carbocycles. The number of phosphoric acid groups is 3. The largest absolute Gasteiger partial charge is 0.530 e. The molecule has 11 N–H and O–H groups in total. The van der Waals surface area contributed by atoms with E-state index in [1.54, 1.807) is 40.0 Å². The third-order valence-electron chi connectivity index (χ3n) is 24.2. The number of nitrogen functional groups attached to an aromatic ring is 3. The number of H-pyrrole nitrogens is 3. The number of non-ortho nitro benzene ring substituents is 1. The molecule has 694 valence electrons. The van der Waals surface area contributed by atoms with Gasteiger partial charge in [0, 0.05) is 49.1 Å². The van der Waals surface area contributed by atoms with E-state index >= 15 is 0 Å². The SMILES string of the molecule is C=C1[C@H](CO)[C@@H](O[Si](C)(C)C(C)(C)C)C[C@@H]1n1cnc2c(=O)[nH]c(N)nc21.C=C1[C@H](CO[P@]2(=O)OCC[C@H](c3ccc(Cl)c(F)c3)O2)[C@@H](O)C[C@@H]1n1cnc2c(=O)[nH]c(N)nc21.C=C1[C@H](CO[P@]2(=O)OCC[C@H](c3ccc(Cl)c(F)c3)O2)[C@@H](O[Si](C)(C)C(C)(C)C)C[C@@H]1n1cnc2c(=O)[nH]c(N)nc21.O=[N+]([O-])c1ccc(OP2(=O)OCC[C@H](c3ccc(Cl)c(F)c3)O2)cc1. The maximum atomic E-state index is 14.1. The Morgan fingerprint density at radius 1 is 0.543 bits per heavy atom. The molecule has 15 atom stereocenters. The normalized spacial score (nSPS) is 26.3. The highest BCUT2D eigenvalue weighted by molar-refractivity contribution is 7.49. The number of hydrogen-bond donors (Lipinski definition) is 8. The molecule has 0 radical (unpaired) electrons. The first-order valence-electron chi connectivity index (χ1n) is 40.8. The van der Waals surface area contributed by atoms with Gasteiger partial charge in [-0.05, 0) is 137 Å². The number of imidazole rings is 3. The van der Waals surface area contributed by atoms with Crippen molar-refractivity contribution in [3.63, 3.8) is 0 Å². The molecule has 6 fully saturated rings. The number of phosphoric ester groups is 3. The van der Waals surface area contributed by atoms with Crippen molar-refractivity contribution < 1.29 is 91.6 Å². The number of halogens is 6. The second-order valence-electron chi connectivity index (χ2n) is 34.7. The Bertz CT molecular complexity index is 6280. The van der Waals surface area contributed by atoms with Gasteiger partial charge < -0.3 is 54.5 Å². The highest BCUT2D eigenvalue weighted by atomic mass is 35.5. The molecule has 1 unspecified atom stereocenters. The molecule has 3 saturated heterocycles. The molecule has 16 rings (SSSR count). The van der Waals surface area contributed by atoms with Gasteiger partial charge >= 0.3 is 23.5 Å². The molecule has 48 heteroatoms. The first kappa shape index (κ1) is 97.6. The Kier molecular flexibility index (Phi) is 29.3. The number of nitrogens with zero attached hydrogens (tertiary/aromatic N) is 10. The minimum Gasteiger partial charge on any atom is -0.413 e. The van der Waals surface area contributed by atoms with Gasteiger partial charge in [-0.3, -0.25) is 75.6 Å². The number of nitrogens with one attached hydrogen (secondary N) is 3. The van der Waals surface area contributed by atoms with Gasteiger partial charge in [0.2, 0.25) is 17.8 Å². The van der Waals surface area contributed by atoms with Crippen LogP contribution in [0.2, 0.25) is 51.3 Å². The maximum Gasteiger partial charge on any atom is 0.530 e. The number of hydrogen-bond acceptors (Lipinski definition) is 30. The second kappa shape index (κ2) is 38.7. The lowest BCUT2D eigenvalue weighted by Gasteiger charge is -2.40. The van der Waals surface area contributed by atoms with Gasteiger partial charge in [0.15, 0.2) is 50.1 Å². The molecule has 9 heterocycles. The van der Waals surface area contributed by atoms with Gasteiger partial charge in [0.05, 0.1) is 133 Å². The zero-order valence-corrected chi connectivity index (χ0v) is 78.7. The maximum absolute atomic E-state index is 14.1. The van der Waals surface area contributed by atoms with Crippen LogP contribution in [0.15, 0.2) is 149 Å². The summed E-state index contributed by atoms with van der Waals surface area (Å²) < 4.78 is 149. The number of benzene rings is 4. The van der Waals surface area contributed by atoms with Crippen LogP contribution in [0.25, 0.3) is 33.5 Å². The summed E-state index contributed by atoms with van der Waals surface area (Å²) in [5.74, 6) is -2.93. The summed E-state index contributed by atoms with van der Waals surface area (Å²) in [5.41, 5.74) is 20.9. The van der Waals surface area contributed by atoms with Crippen molar-refractivity contribution in [2.75, 3.05) is 56.8 Å². The van der Waals surface area contributed by atoms with E-state index in [2.05, 4.69) is 132 Å². The Morgan fingerprint density at radius 2 is 0.876 bits per heavy atom. The van der Waals surface area contributed by atoms with E-state index in [1.807, 2.05) is 4.57 Å². The highest BCUT2D eigenvalue weighted by Crippen LogP contribution is 2.61. The van der Waals surface area contributed by atoms with Crippen molar-refractivity contribution in [2.45, 2.75) is 171 Å². The van der Waals surface area contributed by atoms with Crippen LogP contribution < -0.4 is 38.4 Å². The average Bonchev–Trinajstić information content (AvgIpc) is 1.60. The fourth-order valence-corrected chi connectivity index (χ4v) is 22.5. The molecule has 0 spiro atoms. The topological polar surface area (TPSA) is 505 Å². The molecule has 0 amide bonds. The van der Waals surface area contributed by atoms with Crippen molar-refractivity contribution in [1.29, 1.82) is 0 Å². The van der Waals surface area contributed by atoms with E-state index < -0.39 is 116 Å². The van der Waals surface area contributed by atoms with Crippen molar-refractivity contribution in [3.05, 3.63) is 225 Å². The van der Waals surface area contributed by atoms with Crippen molar-refractivity contribution in [1.82, 2.24) is 58.6 Å². The summed E-state index contributed by atoms with van der Waals surface area (Å²) in [7, 11) is -16.2. The summed E-state index contributed by atoms with van der Waals surface area (Å²) in [6.45, 7) is 34.4. The predicted octanol–water partition coefficient (Wildman–Crippen LogP) is 16.8. The molecule has 3 saturated carbocycles. The third-order valence-corrected chi connectivity index (χ3v) is 38.5. The van der Waals surface area contributed by atoms with Crippen molar-refractivity contribution in [3.8, 4) is 5.75 Å². The standard InChI is InChI=1S/C27H36ClFN5O6PSi.C21H22ClFN5O6P.C18H29N5O3Si.C15H12ClFNO6P/c1-15-17(13-38-41(36)37-10-9-21(39-41)16-7-8-18(28)19(29)11-16)22(40-42(5,6)27(2,3)4)12-20(15)34-14-31-23-24(34)32-26(30)33-25(23)35;1-10-12(16(29)7-15(10)28-9-25-18-19(28)26-21(24)27-20(18)30)8-33-35(31)32-5-4-17(34-35)11-2-3-13(22)14(23)6-11;1-10-11(8-24)13(26-27(5,6)18(2,3)4)7-12(10)23-9-20-14-15(23)21-17(19)22-16(14)25;16-13-6-1-10(9-14(13)17)15-7-8-22-25(21,24-15)23-12-4-2-11(3-5-12)18(19)20/h7-8,11,14,17,20-22H,1,9-10,12-13H2,2-6H3,(H3,30,32,33,35);2-3,6,9,12,15-17,29H,1,4-5,7-8H2,(H3,24,26,27,30);9,11-13,24H,1,7-8H2,2-6H3,(H3,19,21,22,25);1-6,9,15H,7-8H2/t17-,20-,21+,22-,41-;12-,15-,16-,17+,35-;11-,12-,13-;15-,25?/m0001/s1. The minimum atomic E-state index is -4.02. The molecular formula is C81H99Cl3F3N16O21P3Si2. The molecule has 37 nitrogen and oxygen atoms in total. The zero-order valence-electron chi connectivity index (χ0n) is 71.7. The van der Waals surface area contributed by atoms with E-state index in [0.717, 1.165) is 11.1 Å². The molecule has 10 aromatic rings. The third kappa shape index (κ3) is 21.7.